The second-order valence-corrected chi connectivity index (χ2v) is 8.86. The van der Waals surface area contributed by atoms with Gasteiger partial charge in [-0.3, -0.25) is 14.5 Å². The van der Waals surface area contributed by atoms with Crippen LogP contribution in [0.4, 0.5) is 0 Å². The molecule has 0 unspecified atom stereocenters. The highest BCUT2D eigenvalue weighted by atomic mass is 32.2. The molecule has 2 atom stereocenters. The third kappa shape index (κ3) is 3.20. The quantitative estimate of drug-likeness (QED) is 0.592. The van der Waals surface area contributed by atoms with E-state index >= 15 is 0 Å². The van der Waals surface area contributed by atoms with Crippen molar-refractivity contribution >= 4 is 23.6 Å². The number of carboxylic acids is 1. The first-order valence-electron chi connectivity index (χ1n) is 9.20. The van der Waals surface area contributed by atoms with Crippen molar-refractivity contribution in [1.29, 1.82) is 0 Å². The molecule has 1 aliphatic carbocycles. The lowest BCUT2D eigenvalue weighted by Crippen LogP contribution is -2.42. The number of carbonyl (C=O) groups excluding carboxylic acids is 1. The minimum Gasteiger partial charge on any atom is -0.481 e. The highest BCUT2D eigenvalue weighted by Crippen LogP contribution is 2.45. The molecule has 1 N–H and O–H groups in total. The van der Waals surface area contributed by atoms with Gasteiger partial charge in [-0.05, 0) is 18.6 Å². The van der Waals surface area contributed by atoms with Gasteiger partial charge in [-0.2, -0.15) is 0 Å². The molecule has 1 aromatic rings. The third-order valence-electron chi connectivity index (χ3n) is 5.71. The van der Waals surface area contributed by atoms with E-state index in [-0.39, 0.29) is 17.7 Å². The molecule has 0 spiro atoms. The summed E-state index contributed by atoms with van der Waals surface area (Å²) in [5.41, 5.74) is 0.167. The van der Waals surface area contributed by atoms with Gasteiger partial charge in [0.2, 0.25) is 5.91 Å². The number of carbonyl (C=O) groups is 2. The summed E-state index contributed by atoms with van der Waals surface area (Å²) in [5.74, 6) is 0.460. The van der Waals surface area contributed by atoms with Crippen LogP contribution in [0.3, 0.4) is 0 Å². The van der Waals surface area contributed by atoms with Gasteiger partial charge in [0.25, 0.3) is 0 Å². The van der Waals surface area contributed by atoms with E-state index in [9.17, 15) is 14.7 Å². The maximum Gasteiger partial charge on any atom is 0.313 e. The predicted octanol–water partition coefficient (Wildman–Crippen LogP) is 1.34. The van der Waals surface area contributed by atoms with Gasteiger partial charge in [-0.25, -0.2) is 9.97 Å². The number of aromatic nitrogens is 2. The van der Waals surface area contributed by atoms with Gasteiger partial charge in [0.1, 0.15) is 5.41 Å². The van der Waals surface area contributed by atoms with Crippen LogP contribution in [0.2, 0.25) is 0 Å². The van der Waals surface area contributed by atoms with E-state index in [1.165, 1.54) is 0 Å². The number of likely N-dealkylation sites (tertiary alicyclic amines) is 2. The molecule has 7 nitrogen and oxygen atoms in total. The van der Waals surface area contributed by atoms with Crippen LogP contribution in [0.25, 0.3) is 0 Å². The Morgan fingerprint density at radius 2 is 2.00 bits per heavy atom. The van der Waals surface area contributed by atoms with Crippen LogP contribution < -0.4 is 0 Å². The van der Waals surface area contributed by atoms with Gasteiger partial charge >= 0.3 is 5.97 Å². The highest BCUT2D eigenvalue weighted by Gasteiger charge is 2.59. The van der Waals surface area contributed by atoms with Gasteiger partial charge in [-0.15, -0.1) is 0 Å². The molecule has 2 aliphatic heterocycles. The highest BCUT2D eigenvalue weighted by molar-refractivity contribution is 7.99. The van der Waals surface area contributed by atoms with Crippen LogP contribution in [-0.2, 0) is 16.1 Å². The molecule has 4 rings (SSSR count). The fourth-order valence-electron chi connectivity index (χ4n) is 4.23. The van der Waals surface area contributed by atoms with Gasteiger partial charge in [0.05, 0.1) is 0 Å². The Morgan fingerprint density at radius 1 is 1.27 bits per heavy atom. The Morgan fingerprint density at radius 3 is 2.58 bits per heavy atom. The van der Waals surface area contributed by atoms with Crippen LogP contribution in [0.15, 0.2) is 17.6 Å². The number of nitrogens with zero attached hydrogens (tertiary/aromatic N) is 4. The topological polar surface area (TPSA) is 86.6 Å². The molecule has 3 heterocycles. The molecule has 26 heavy (non-hydrogen) atoms. The van der Waals surface area contributed by atoms with Crippen LogP contribution in [0.1, 0.15) is 25.3 Å². The Labute approximate surface area is 157 Å². The van der Waals surface area contributed by atoms with E-state index < -0.39 is 11.4 Å². The number of rotatable bonds is 6. The van der Waals surface area contributed by atoms with Gasteiger partial charge in [0, 0.05) is 62.5 Å². The molecule has 140 valence electrons. The summed E-state index contributed by atoms with van der Waals surface area (Å²) >= 11 is 1.60. The number of hydrogen-bond acceptors (Lipinski definition) is 6. The first-order valence-corrected chi connectivity index (χ1v) is 10.2. The molecule has 1 saturated carbocycles. The summed E-state index contributed by atoms with van der Waals surface area (Å²) in [5, 5.41) is 10.7. The fourth-order valence-corrected chi connectivity index (χ4v) is 4.75. The molecule has 1 amide bonds. The zero-order chi connectivity index (χ0) is 18.3. The van der Waals surface area contributed by atoms with E-state index in [2.05, 4.69) is 21.8 Å². The molecular formula is C18H24N4O3S. The summed E-state index contributed by atoms with van der Waals surface area (Å²) in [4.78, 5) is 37.1. The number of thioether (sulfide) groups is 1. The third-order valence-corrected chi connectivity index (χ3v) is 6.46. The molecule has 0 radical (unpaired) electrons. The zero-order valence-electron chi connectivity index (χ0n) is 14.9. The van der Waals surface area contributed by atoms with E-state index in [1.54, 1.807) is 16.7 Å². The van der Waals surface area contributed by atoms with Crippen molar-refractivity contribution in [2.45, 2.75) is 31.5 Å². The summed E-state index contributed by atoms with van der Waals surface area (Å²) < 4.78 is 0. The minimum atomic E-state index is -0.830. The lowest BCUT2D eigenvalue weighted by atomic mass is 9.81. The molecule has 0 bridgehead atoms. The van der Waals surface area contributed by atoms with Crippen molar-refractivity contribution in [2.24, 2.45) is 17.3 Å². The molecular weight excluding hydrogens is 352 g/mol. The van der Waals surface area contributed by atoms with Crippen molar-refractivity contribution in [1.82, 2.24) is 19.8 Å². The van der Waals surface area contributed by atoms with Gasteiger partial charge < -0.3 is 10.0 Å². The summed E-state index contributed by atoms with van der Waals surface area (Å²) in [7, 11) is 0. The van der Waals surface area contributed by atoms with E-state index in [1.807, 2.05) is 12.4 Å². The van der Waals surface area contributed by atoms with Crippen molar-refractivity contribution in [3.8, 4) is 0 Å². The van der Waals surface area contributed by atoms with E-state index in [4.69, 9.17) is 0 Å². The van der Waals surface area contributed by atoms with E-state index in [0.717, 1.165) is 29.3 Å². The second-order valence-electron chi connectivity index (χ2n) is 7.63. The van der Waals surface area contributed by atoms with Crippen molar-refractivity contribution in [3.05, 3.63) is 18.0 Å². The van der Waals surface area contributed by atoms with Crippen LogP contribution in [0.5, 0.6) is 0 Å². The summed E-state index contributed by atoms with van der Waals surface area (Å²) in [6.07, 6.45) is 5.57. The van der Waals surface area contributed by atoms with Gasteiger partial charge in [0.15, 0.2) is 5.16 Å². The molecule has 1 aromatic heterocycles. The maximum atomic E-state index is 12.4. The SMILES string of the molecule is CCSc1ncc(CN2C[C@@H]3CN(C(=O)C4CC4)C[C@]3(C(=O)O)C2)cn1. The monoisotopic (exact) mass is 376 g/mol. The Balaban J connectivity index is 1.42. The largest absolute Gasteiger partial charge is 0.481 e. The fraction of sp³-hybridized carbons (Fsp3) is 0.667. The number of aliphatic carboxylic acids is 1. The Hall–Kier alpha value is -1.67. The molecule has 2 saturated heterocycles. The van der Waals surface area contributed by atoms with E-state index in [0.29, 0.717) is 32.7 Å². The lowest BCUT2D eigenvalue weighted by Gasteiger charge is -2.25. The molecule has 3 aliphatic rings. The second kappa shape index (κ2) is 6.81. The Kier molecular flexibility index (Phi) is 4.64. The normalized spacial score (nSPS) is 28.3. The summed E-state index contributed by atoms with van der Waals surface area (Å²) in [6, 6.07) is 0. The molecule has 0 aromatic carbocycles. The zero-order valence-corrected chi connectivity index (χ0v) is 15.7. The molecule has 8 heteroatoms. The minimum absolute atomic E-state index is 0.00135. The average molecular weight is 376 g/mol. The maximum absolute atomic E-state index is 12.4. The first kappa shape index (κ1) is 17.7. The first-order chi connectivity index (χ1) is 12.5. The van der Waals surface area contributed by atoms with Crippen LogP contribution in [-0.4, -0.2) is 68.7 Å². The number of carboxylic acid groups (broad SMARTS) is 1. The predicted molar refractivity (Wildman–Crippen MR) is 96.6 cm³/mol. The number of fused-ring (bicyclic) bond motifs is 1. The van der Waals surface area contributed by atoms with Gasteiger partial charge in [-0.1, -0.05) is 18.7 Å². The Bertz CT molecular complexity index is 709. The summed E-state index contributed by atoms with van der Waals surface area (Å²) in [6.45, 7) is 4.81. The van der Waals surface area contributed by atoms with Crippen LogP contribution in [0, 0.1) is 17.3 Å². The van der Waals surface area contributed by atoms with Crippen molar-refractivity contribution < 1.29 is 14.7 Å². The standard InChI is InChI=1S/C18H24N4O3S/c1-2-26-17-19-5-12(6-20-17)7-21-8-14-9-22(15(23)13-3-4-13)11-18(14,10-21)16(24)25/h5-6,13-14H,2-4,7-11H2,1H3,(H,24,25)/t14-,18-/m1/s1. The number of hydrogen-bond donors (Lipinski definition) is 1. The van der Waals surface area contributed by atoms with Crippen LogP contribution >= 0.6 is 11.8 Å². The smallest absolute Gasteiger partial charge is 0.313 e. The average Bonchev–Trinajstić information content (AvgIpc) is 3.31. The molecule has 3 fully saturated rings. The number of amides is 1. The lowest BCUT2D eigenvalue weighted by molar-refractivity contribution is -0.149. The van der Waals surface area contributed by atoms with Crippen molar-refractivity contribution in [2.75, 3.05) is 31.9 Å². The van der Waals surface area contributed by atoms with Crippen molar-refractivity contribution in [3.63, 3.8) is 0 Å².